The van der Waals surface area contributed by atoms with Gasteiger partial charge >= 0.3 is 0 Å². The number of rotatable bonds is 3. The first kappa shape index (κ1) is 13.1. The lowest BCUT2D eigenvalue weighted by Crippen LogP contribution is -2.38. The Kier molecular flexibility index (Phi) is 4.66. The molecule has 0 saturated carbocycles. The standard InChI is InChI=1S/C13H24ClN/c1-11(9-14)10-15-7-5-12(6-8-15)13(2,3)4/h12H,1,5-10H2,2-4H3. The number of alkyl halides is 1. The topological polar surface area (TPSA) is 3.24 Å². The van der Waals surface area contributed by atoms with E-state index in [1.54, 1.807) is 0 Å². The van der Waals surface area contributed by atoms with Gasteiger partial charge in [0.2, 0.25) is 0 Å². The van der Waals surface area contributed by atoms with Crippen LogP contribution in [0, 0.1) is 11.3 Å². The lowest BCUT2D eigenvalue weighted by Gasteiger charge is -2.38. The molecule has 1 nitrogen and oxygen atoms in total. The summed E-state index contributed by atoms with van der Waals surface area (Å²) in [6.07, 6.45) is 2.64. The van der Waals surface area contributed by atoms with Gasteiger partial charge in [-0.15, -0.1) is 11.6 Å². The average Bonchev–Trinajstić information content (AvgIpc) is 2.17. The highest BCUT2D eigenvalue weighted by Crippen LogP contribution is 2.34. The van der Waals surface area contributed by atoms with Gasteiger partial charge in [0, 0.05) is 12.4 Å². The first-order valence-corrected chi connectivity index (χ1v) is 6.42. The van der Waals surface area contributed by atoms with Crippen molar-refractivity contribution in [2.75, 3.05) is 25.5 Å². The second-order valence-corrected chi connectivity index (χ2v) is 6.07. The van der Waals surface area contributed by atoms with Crippen LogP contribution in [0.15, 0.2) is 12.2 Å². The van der Waals surface area contributed by atoms with Crippen molar-refractivity contribution in [1.29, 1.82) is 0 Å². The van der Waals surface area contributed by atoms with Gasteiger partial charge < -0.3 is 0 Å². The molecule has 0 aromatic rings. The van der Waals surface area contributed by atoms with Crippen LogP contribution >= 0.6 is 11.6 Å². The SMILES string of the molecule is C=C(CCl)CN1CCC(C(C)(C)C)CC1. The third-order valence-electron chi connectivity index (χ3n) is 3.45. The summed E-state index contributed by atoms with van der Waals surface area (Å²) in [6, 6.07) is 0. The van der Waals surface area contributed by atoms with Gasteiger partial charge in [-0.1, -0.05) is 27.4 Å². The summed E-state index contributed by atoms with van der Waals surface area (Å²) < 4.78 is 0. The fourth-order valence-electron chi connectivity index (χ4n) is 2.32. The Labute approximate surface area is 99.5 Å². The molecule has 0 spiro atoms. The molecule has 0 aromatic carbocycles. The zero-order valence-electron chi connectivity index (χ0n) is 10.4. The van der Waals surface area contributed by atoms with E-state index in [1.165, 1.54) is 25.9 Å². The van der Waals surface area contributed by atoms with E-state index in [0.29, 0.717) is 11.3 Å². The maximum absolute atomic E-state index is 5.75. The van der Waals surface area contributed by atoms with Crippen LogP contribution in [0.4, 0.5) is 0 Å². The Morgan fingerprint density at radius 1 is 1.33 bits per heavy atom. The highest BCUT2D eigenvalue weighted by atomic mass is 35.5. The van der Waals surface area contributed by atoms with Gasteiger partial charge in [-0.2, -0.15) is 0 Å². The zero-order chi connectivity index (χ0) is 11.5. The summed E-state index contributed by atoms with van der Waals surface area (Å²) in [7, 11) is 0. The molecule has 0 N–H and O–H groups in total. The third kappa shape index (κ3) is 4.16. The number of hydrogen-bond acceptors (Lipinski definition) is 1. The van der Waals surface area contributed by atoms with Crippen molar-refractivity contribution in [3.63, 3.8) is 0 Å². The van der Waals surface area contributed by atoms with Crippen LogP contribution in [-0.2, 0) is 0 Å². The van der Waals surface area contributed by atoms with E-state index in [0.717, 1.165) is 18.0 Å². The predicted octanol–water partition coefficient (Wildman–Crippen LogP) is 3.54. The molecular formula is C13H24ClN. The van der Waals surface area contributed by atoms with Gasteiger partial charge in [-0.25, -0.2) is 0 Å². The fourth-order valence-corrected chi connectivity index (χ4v) is 2.40. The van der Waals surface area contributed by atoms with E-state index in [2.05, 4.69) is 32.3 Å². The number of likely N-dealkylation sites (tertiary alicyclic amines) is 1. The number of nitrogens with zero attached hydrogens (tertiary/aromatic N) is 1. The quantitative estimate of drug-likeness (QED) is 0.529. The molecule has 1 rings (SSSR count). The minimum atomic E-state index is 0.468. The van der Waals surface area contributed by atoms with Crippen molar-refractivity contribution in [3.05, 3.63) is 12.2 Å². The molecule has 88 valence electrons. The average molecular weight is 230 g/mol. The van der Waals surface area contributed by atoms with Gasteiger partial charge in [-0.05, 0) is 42.8 Å². The molecular weight excluding hydrogens is 206 g/mol. The summed E-state index contributed by atoms with van der Waals surface area (Å²) in [4.78, 5) is 2.48. The van der Waals surface area contributed by atoms with Crippen LogP contribution in [0.3, 0.4) is 0 Å². The van der Waals surface area contributed by atoms with Crippen molar-refractivity contribution in [2.24, 2.45) is 11.3 Å². The molecule has 15 heavy (non-hydrogen) atoms. The maximum atomic E-state index is 5.75. The second-order valence-electron chi connectivity index (χ2n) is 5.80. The van der Waals surface area contributed by atoms with Crippen LogP contribution in [0.25, 0.3) is 0 Å². The van der Waals surface area contributed by atoms with Gasteiger partial charge in [0.1, 0.15) is 0 Å². The van der Waals surface area contributed by atoms with E-state index >= 15 is 0 Å². The summed E-state index contributed by atoms with van der Waals surface area (Å²) in [5.74, 6) is 1.47. The lowest BCUT2D eigenvalue weighted by molar-refractivity contribution is 0.118. The molecule has 0 unspecified atom stereocenters. The van der Waals surface area contributed by atoms with Crippen LogP contribution in [0.5, 0.6) is 0 Å². The Morgan fingerprint density at radius 2 is 1.87 bits per heavy atom. The van der Waals surface area contributed by atoms with Crippen LogP contribution in [0.1, 0.15) is 33.6 Å². The summed E-state index contributed by atoms with van der Waals surface area (Å²) in [5.41, 5.74) is 1.61. The molecule has 1 fully saturated rings. The molecule has 1 aliphatic rings. The summed E-state index contributed by atoms with van der Waals surface area (Å²) >= 11 is 5.75. The van der Waals surface area contributed by atoms with E-state index in [4.69, 9.17) is 11.6 Å². The molecule has 0 atom stereocenters. The summed E-state index contributed by atoms with van der Waals surface area (Å²) in [5, 5.41) is 0. The third-order valence-corrected chi connectivity index (χ3v) is 3.83. The monoisotopic (exact) mass is 229 g/mol. The van der Waals surface area contributed by atoms with E-state index in [-0.39, 0.29) is 0 Å². The van der Waals surface area contributed by atoms with Crippen molar-refractivity contribution in [3.8, 4) is 0 Å². The van der Waals surface area contributed by atoms with Gasteiger partial charge in [0.05, 0.1) is 0 Å². The molecule has 1 heterocycles. The maximum Gasteiger partial charge on any atom is 0.0443 e. The second kappa shape index (κ2) is 5.36. The highest BCUT2D eigenvalue weighted by Gasteiger charge is 2.28. The molecule has 0 bridgehead atoms. The van der Waals surface area contributed by atoms with Crippen molar-refractivity contribution in [1.82, 2.24) is 4.90 Å². The minimum absolute atomic E-state index is 0.468. The highest BCUT2D eigenvalue weighted by molar-refractivity contribution is 6.19. The molecule has 0 radical (unpaired) electrons. The number of hydrogen-bond donors (Lipinski definition) is 0. The van der Waals surface area contributed by atoms with E-state index in [9.17, 15) is 0 Å². The zero-order valence-corrected chi connectivity index (χ0v) is 11.1. The number of piperidine rings is 1. The Bertz CT molecular complexity index is 209. The van der Waals surface area contributed by atoms with E-state index < -0.39 is 0 Å². The molecule has 0 amide bonds. The smallest absolute Gasteiger partial charge is 0.0443 e. The first-order chi connectivity index (χ1) is 6.93. The van der Waals surface area contributed by atoms with Gasteiger partial charge in [0.25, 0.3) is 0 Å². The van der Waals surface area contributed by atoms with Gasteiger partial charge in [0.15, 0.2) is 0 Å². The Hall–Kier alpha value is -0.0100. The molecule has 2 heteroatoms. The fraction of sp³-hybridized carbons (Fsp3) is 0.846. The molecule has 0 aromatic heterocycles. The molecule has 1 aliphatic heterocycles. The Balaban J connectivity index is 2.33. The lowest BCUT2D eigenvalue weighted by atomic mass is 9.75. The van der Waals surface area contributed by atoms with Crippen molar-refractivity contribution < 1.29 is 0 Å². The first-order valence-electron chi connectivity index (χ1n) is 5.88. The summed E-state index contributed by atoms with van der Waals surface area (Å²) in [6.45, 7) is 14.4. The normalized spacial score (nSPS) is 20.5. The number of halogens is 1. The van der Waals surface area contributed by atoms with Crippen LogP contribution in [-0.4, -0.2) is 30.4 Å². The van der Waals surface area contributed by atoms with Crippen molar-refractivity contribution >= 4 is 11.6 Å². The van der Waals surface area contributed by atoms with E-state index in [1.807, 2.05) is 0 Å². The largest absolute Gasteiger partial charge is 0.299 e. The predicted molar refractivity (Wildman–Crippen MR) is 68.5 cm³/mol. The van der Waals surface area contributed by atoms with Gasteiger partial charge in [-0.3, -0.25) is 4.90 Å². The molecule has 0 aliphatic carbocycles. The van der Waals surface area contributed by atoms with Crippen LogP contribution in [0.2, 0.25) is 0 Å². The Morgan fingerprint density at radius 3 is 2.27 bits per heavy atom. The molecule has 1 saturated heterocycles. The minimum Gasteiger partial charge on any atom is -0.299 e. The van der Waals surface area contributed by atoms with Crippen molar-refractivity contribution in [2.45, 2.75) is 33.6 Å². The van der Waals surface area contributed by atoms with Crippen LogP contribution < -0.4 is 0 Å².